The highest BCUT2D eigenvalue weighted by atomic mass is 79.9. The summed E-state index contributed by atoms with van der Waals surface area (Å²) >= 11 is 6.98. The first-order valence-corrected chi connectivity index (χ1v) is 7.52. The van der Waals surface area contributed by atoms with Crippen molar-refractivity contribution in [3.8, 4) is 17.2 Å². The number of hydrogen-bond acceptors (Lipinski definition) is 3. The number of benzene rings is 2. The zero-order valence-corrected chi connectivity index (χ0v) is 14.3. The maximum Gasteiger partial charge on any atom is 0.175 e. The van der Waals surface area contributed by atoms with E-state index in [1.165, 1.54) is 0 Å². The van der Waals surface area contributed by atoms with Crippen LogP contribution in [0.4, 0.5) is 0 Å². The standard InChI is InChI=1S/C15H14Br2O3/c1-18-11-6-7-12(16)10(8-11)9-20-15-13(17)4-3-5-14(15)19-2/h3-8H,9H2,1-2H3. The summed E-state index contributed by atoms with van der Waals surface area (Å²) in [6.07, 6.45) is 0. The fraction of sp³-hybridized carbons (Fsp3) is 0.200. The fourth-order valence-electron chi connectivity index (χ4n) is 1.73. The predicted octanol–water partition coefficient (Wildman–Crippen LogP) is 4.81. The minimum Gasteiger partial charge on any atom is -0.497 e. The van der Waals surface area contributed by atoms with Crippen molar-refractivity contribution in [3.63, 3.8) is 0 Å². The van der Waals surface area contributed by atoms with Crippen LogP contribution >= 0.6 is 31.9 Å². The molecule has 0 radical (unpaired) electrons. The van der Waals surface area contributed by atoms with Crippen molar-refractivity contribution in [2.45, 2.75) is 6.61 Å². The van der Waals surface area contributed by atoms with Crippen molar-refractivity contribution in [3.05, 3.63) is 50.9 Å². The van der Waals surface area contributed by atoms with Gasteiger partial charge in [0.1, 0.15) is 12.4 Å². The first-order valence-electron chi connectivity index (χ1n) is 5.93. The molecule has 0 aliphatic carbocycles. The van der Waals surface area contributed by atoms with Crippen LogP contribution in [0.25, 0.3) is 0 Å². The first kappa shape index (κ1) is 15.2. The van der Waals surface area contributed by atoms with Gasteiger partial charge in [-0.05, 0) is 46.3 Å². The van der Waals surface area contributed by atoms with Gasteiger partial charge in [-0.2, -0.15) is 0 Å². The largest absolute Gasteiger partial charge is 0.497 e. The third-order valence-corrected chi connectivity index (χ3v) is 4.17. The van der Waals surface area contributed by atoms with E-state index in [0.717, 1.165) is 20.3 Å². The van der Waals surface area contributed by atoms with Gasteiger partial charge in [0, 0.05) is 10.0 Å². The average Bonchev–Trinajstić information content (AvgIpc) is 2.47. The van der Waals surface area contributed by atoms with Crippen LogP contribution in [0, 0.1) is 0 Å². The van der Waals surface area contributed by atoms with Crippen LogP contribution in [0.2, 0.25) is 0 Å². The molecule has 0 amide bonds. The van der Waals surface area contributed by atoms with Gasteiger partial charge in [0.2, 0.25) is 0 Å². The molecule has 2 rings (SSSR count). The SMILES string of the molecule is COc1ccc(Br)c(COc2c(Br)cccc2OC)c1. The van der Waals surface area contributed by atoms with Crippen LogP contribution < -0.4 is 14.2 Å². The van der Waals surface area contributed by atoms with E-state index >= 15 is 0 Å². The Morgan fingerprint density at radius 1 is 0.950 bits per heavy atom. The molecular formula is C15H14Br2O3. The van der Waals surface area contributed by atoms with E-state index in [-0.39, 0.29) is 0 Å². The summed E-state index contributed by atoms with van der Waals surface area (Å²) in [4.78, 5) is 0. The molecule has 0 atom stereocenters. The summed E-state index contributed by atoms with van der Waals surface area (Å²) in [5.74, 6) is 2.18. The van der Waals surface area contributed by atoms with Crippen LogP contribution in [0.5, 0.6) is 17.2 Å². The topological polar surface area (TPSA) is 27.7 Å². The maximum absolute atomic E-state index is 5.87. The highest BCUT2D eigenvalue weighted by molar-refractivity contribution is 9.10. The van der Waals surface area contributed by atoms with Gasteiger partial charge in [-0.3, -0.25) is 0 Å². The molecule has 0 N–H and O–H groups in total. The van der Waals surface area contributed by atoms with Crippen LogP contribution in [0.15, 0.2) is 45.3 Å². The van der Waals surface area contributed by atoms with E-state index in [0.29, 0.717) is 18.1 Å². The average molecular weight is 402 g/mol. The number of para-hydroxylation sites is 1. The van der Waals surface area contributed by atoms with Crippen molar-refractivity contribution in [1.29, 1.82) is 0 Å². The third-order valence-electron chi connectivity index (χ3n) is 2.78. The van der Waals surface area contributed by atoms with Gasteiger partial charge in [0.15, 0.2) is 11.5 Å². The van der Waals surface area contributed by atoms with E-state index in [1.807, 2.05) is 36.4 Å². The molecule has 0 fully saturated rings. The molecule has 0 unspecified atom stereocenters. The van der Waals surface area contributed by atoms with Crippen LogP contribution in [-0.4, -0.2) is 14.2 Å². The van der Waals surface area contributed by atoms with Crippen LogP contribution in [0.1, 0.15) is 5.56 Å². The van der Waals surface area contributed by atoms with E-state index in [4.69, 9.17) is 14.2 Å². The molecule has 106 valence electrons. The Morgan fingerprint density at radius 2 is 1.75 bits per heavy atom. The van der Waals surface area contributed by atoms with E-state index in [1.54, 1.807) is 14.2 Å². The number of hydrogen-bond donors (Lipinski definition) is 0. The van der Waals surface area contributed by atoms with Gasteiger partial charge in [-0.15, -0.1) is 0 Å². The van der Waals surface area contributed by atoms with Gasteiger partial charge in [-0.25, -0.2) is 0 Å². The smallest absolute Gasteiger partial charge is 0.175 e. The normalized spacial score (nSPS) is 10.2. The minimum atomic E-state index is 0.413. The summed E-state index contributed by atoms with van der Waals surface area (Å²) in [7, 11) is 3.26. The molecule has 2 aromatic carbocycles. The molecule has 0 aliphatic heterocycles. The Kier molecular flexibility index (Phi) is 5.31. The molecule has 0 heterocycles. The quantitative estimate of drug-likeness (QED) is 0.719. The van der Waals surface area contributed by atoms with Crippen LogP contribution in [-0.2, 0) is 6.61 Å². The molecule has 5 heteroatoms. The Labute approximate surface area is 135 Å². The van der Waals surface area contributed by atoms with Gasteiger partial charge in [0.05, 0.1) is 18.7 Å². The second-order valence-corrected chi connectivity index (χ2v) is 5.73. The highest BCUT2D eigenvalue weighted by Crippen LogP contribution is 2.36. The zero-order chi connectivity index (χ0) is 14.5. The van der Waals surface area contributed by atoms with E-state index in [2.05, 4.69) is 31.9 Å². The fourth-order valence-corrected chi connectivity index (χ4v) is 2.55. The predicted molar refractivity (Wildman–Crippen MR) is 85.7 cm³/mol. The number of rotatable bonds is 5. The molecule has 2 aromatic rings. The lowest BCUT2D eigenvalue weighted by atomic mass is 10.2. The lowest BCUT2D eigenvalue weighted by Crippen LogP contribution is -1.99. The molecule has 0 spiro atoms. The molecule has 0 saturated carbocycles. The zero-order valence-electron chi connectivity index (χ0n) is 11.2. The van der Waals surface area contributed by atoms with Gasteiger partial charge < -0.3 is 14.2 Å². The van der Waals surface area contributed by atoms with Crippen molar-refractivity contribution >= 4 is 31.9 Å². The second-order valence-electron chi connectivity index (χ2n) is 4.02. The molecular weight excluding hydrogens is 388 g/mol. The summed E-state index contributed by atoms with van der Waals surface area (Å²) in [5, 5.41) is 0. The molecule has 20 heavy (non-hydrogen) atoms. The second kappa shape index (κ2) is 6.99. The van der Waals surface area contributed by atoms with E-state index < -0.39 is 0 Å². The molecule has 0 saturated heterocycles. The number of halogens is 2. The van der Waals surface area contributed by atoms with Gasteiger partial charge >= 0.3 is 0 Å². The molecule has 0 bridgehead atoms. The van der Waals surface area contributed by atoms with Crippen molar-refractivity contribution in [1.82, 2.24) is 0 Å². The van der Waals surface area contributed by atoms with Crippen molar-refractivity contribution in [2.24, 2.45) is 0 Å². The first-order chi connectivity index (χ1) is 9.65. The summed E-state index contributed by atoms with van der Waals surface area (Å²) in [6.45, 7) is 0.413. The summed E-state index contributed by atoms with van der Waals surface area (Å²) in [6, 6.07) is 11.4. The summed E-state index contributed by atoms with van der Waals surface area (Å²) < 4.78 is 18.2. The lowest BCUT2D eigenvalue weighted by molar-refractivity contribution is 0.281. The monoisotopic (exact) mass is 400 g/mol. The number of methoxy groups -OCH3 is 2. The maximum atomic E-state index is 5.87. The third kappa shape index (κ3) is 3.46. The Bertz CT molecular complexity index is 600. The molecule has 0 aromatic heterocycles. The Balaban J connectivity index is 2.21. The Morgan fingerprint density at radius 3 is 2.45 bits per heavy atom. The molecule has 0 aliphatic rings. The molecule has 3 nitrogen and oxygen atoms in total. The van der Waals surface area contributed by atoms with Gasteiger partial charge in [-0.1, -0.05) is 22.0 Å². The lowest BCUT2D eigenvalue weighted by Gasteiger charge is -2.13. The van der Waals surface area contributed by atoms with E-state index in [9.17, 15) is 0 Å². The van der Waals surface area contributed by atoms with Crippen molar-refractivity contribution < 1.29 is 14.2 Å². The van der Waals surface area contributed by atoms with Crippen LogP contribution in [0.3, 0.4) is 0 Å². The number of ether oxygens (including phenoxy) is 3. The Hall–Kier alpha value is -1.20. The summed E-state index contributed by atoms with van der Waals surface area (Å²) in [5.41, 5.74) is 1.00. The van der Waals surface area contributed by atoms with Gasteiger partial charge in [0.25, 0.3) is 0 Å². The minimum absolute atomic E-state index is 0.413. The highest BCUT2D eigenvalue weighted by Gasteiger charge is 2.10. The van der Waals surface area contributed by atoms with Crippen molar-refractivity contribution in [2.75, 3.05) is 14.2 Å².